The topological polar surface area (TPSA) is 568 Å². The maximum absolute atomic E-state index is 14.8. The number of rotatable bonds is 30. The van der Waals surface area contributed by atoms with Gasteiger partial charge >= 0.3 is 0 Å². The Morgan fingerprint density at radius 1 is 0.584 bits per heavy atom. The summed E-state index contributed by atoms with van der Waals surface area (Å²) >= 11 is 1.35. The Kier molecular flexibility index (Phi) is 35.4. The van der Waals surface area contributed by atoms with E-state index in [2.05, 4.69) is 68.8 Å². The average Bonchev–Trinajstić information content (AvgIpc) is 1.63. The Morgan fingerprint density at radius 3 is 1.73 bits per heavy atom. The summed E-state index contributed by atoms with van der Waals surface area (Å²) in [6.07, 6.45) is 1.21. The molecule has 2 aliphatic rings. The summed E-state index contributed by atoms with van der Waals surface area (Å²) in [7, 11) is 1.55. The number of aliphatic hydroxyl groups is 2. The first-order valence-electron chi connectivity index (χ1n) is 38.0. The molecule has 12 atom stereocenters. The largest absolute Gasteiger partial charge is 0.391 e. The van der Waals surface area contributed by atoms with Crippen LogP contribution in [0, 0.1) is 17.8 Å². The molecular formula is C77H108N20O15S. The van der Waals surface area contributed by atoms with E-state index in [1.807, 2.05) is 42.5 Å². The van der Waals surface area contributed by atoms with Gasteiger partial charge in [0.15, 0.2) is 0 Å². The van der Waals surface area contributed by atoms with Crippen LogP contribution in [0.5, 0.6) is 0 Å². The fourth-order valence-corrected chi connectivity index (χ4v) is 14.0. The zero-order valence-corrected chi connectivity index (χ0v) is 64.9. The number of carbonyl (C=O) groups is 13. The van der Waals surface area contributed by atoms with Crippen molar-refractivity contribution in [2.45, 2.75) is 187 Å². The van der Waals surface area contributed by atoms with Crippen LogP contribution in [0.1, 0.15) is 130 Å². The number of nitrogens with one attached hydrogen (secondary N) is 12. The maximum Gasteiger partial charge on any atom is 0.252 e. The van der Waals surface area contributed by atoms with Gasteiger partial charge in [0.05, 0.1) is 34.7 Å². The van der Waals surface area contributed by atoms with Gasteiger partial charge in [0.2, 0.25) is 65.0 Å². The van der Waals surface area contributed by atoms with Crippen LogP contribution in [-0.2, 0) is 59.2 Å². The molecule has 7 rings (SSSR count). The van der Waals surface area contributed by atoms with Crippen molar-refractivity contribution >= 4 is 112 Å². The minimum Gasteiger partial charge on any atom is -0.391 e. The summed E-state index contributed by atoms with van der Waals surface area (Å²) in [5.41, 5.74) is 32.5. The van der Waals surface area contributed by atoms with E-state index in [1.54, 1.807) is 87.8 Å². The van der Waals surface area contributed by atoms with Crippen molar-refractivity contribution in [2.75, 3.05) is 46.3 Å². The van der Waals surface area contributed by atoms with Crippen molar-refractivity contribution < 1.29 is 72.5 Å². The lowest BCUT2D eigenvalue weighted by atomic mass is 9.81. The lowest BCUT2D eigenvalue weighted by Gasteiger charge is -2.30. The van der Waals surface area contributed by atoms with E-state index in [-0.39, 0.29) is 121 Å². The van der Waals surface area contributed by atoms with Gasteiger partial charge in [0.25, 0.3) is 11.8 Å². The molecule has 36 heteroatoms. The number of hydrogen-bond acceptors (Lipinski definition) is 23. The number of carbonyl (C=O) groups excluding carboxylic acids is 13. The molecule has 12 amide bonds. The van der Waals surface area contributed by atoms with E-state index in [9.17, 15) is 72.5 Å². The molecule has 0 bridgehead atoms. The highest BCUT2D eigenvalue weighted by Crippen LogP contribution is 2.36. The second kappa shape index (κ2) is 44.6. The quantitative estimate of drug-likeness (QED) is 0.0230. The molecule has 3 aromatic carbocycles. The number of benzene rings is 3. The molecule has 24 N–H and O–H groups in total. The monoisotopic (exact) mass is 1580 g/mol. The fourth-order valence-electron chi connectivity index (χ4n) is 13.1. The number of aliphatic hydroxyl groups excluding tert-OH is 2. The van der Waals surface area contributed by atoms with Crippen LogP contribution in [0.3, 0.4) is 0 Å². The molecule has 1 saturated carbocycles. The van der Waals surface area contributed by atoms with Crippen LogP contribution in [0.4, 0.5) is 0 Å². The third-order valence-electron chi connectivity index (χ3n) is 19.2. The summed E-state index contributed by atoms with van der Waals surface area (Å²) in [5.74, 6) is -12.3. The molecular weight excluding hydrogens is 1480 g/mol. The van der Waals surface area contributed by atoms with Crippen LogP contribution >= 0.6 is 11.8 Å². The van der Waals surface area contributed by atoms with Gasteiger partial charge in [-0.3, -0.25) is 67.3 Å². The molecule has 35 nitrogen and oxygen atoms in total. The van der Waals surface area contributed by atoms with Crippen molar-refractivity contribution in [1.82, 2.24) is 78.6 Å². The van der Waals surface area contributed by atoms with Crippen molar-refractivity contribution in [3.8, 4) is 0 Å². The summed E-state index contributed by atoms with van der Waals surface area (Å²) in [6, 6.07) is 11.3. The normalized spacial score (nSPS) is 22.0. The maximum atomic E-state index is 14.8. The summed E-state index contributed by atoms with van der Waals surface area (Å²) in [5, 5.41) is 58.5. The molecule has 5 aromatic rings. The Bertz CT molecular complexity index is 4140. The fraction of sp³-hybridized carbons (Fsp3) is 0.494. The minimum absolute atomic E-state index is 0.0229. The Morgan fingerprint density at radius 2 is 1.14 bits per heavy atom. The number of nitrogens with zero attached hydrogens (tertiary/aromatic N) is 3. The van der Waals surface area contributed by atoms with E-state index in [0.717, 1.165) is 4.90 Å². The summed E-state index contributed by atoms with van der Waals surface area (Å²) in [4.78, 5) is 191. The molecule has 1 aliphatic carbocycles. The first kappa shape index (κ1) is 89.6. The van der Waals surface area contributed by atoms with E-state index in [0.29, 0.717) is 38.3 Å². The van der Waals surface area contributed by atoms with E-state index in [4.69, 9.17) is 33.8 Å². The van der Waals surface area contributed by atoms with E-state index < -0.39 is 162 Å². The van der Waals surface area contributed by atoms with Gasteiger partial charge in [0, 0.05) is 53.2 Å². The van der Waals surface area contributed by atoms with E-state index >= 15 is 0 Å². The Labute approximate surface area is 659 Å². The number of aromatic nitrogens is 3. The first-order valence-corrected chi connectivity index (χ1v) is 38.8. The molecule has 113 heavy (non-hydrogen) atoms. The molecule has 3 heterocycles. The zero-order valence-electron chi connectivity index (χ0n) is 64.1. The predicted molar refractivity (Wildman–Crippen MR) is 421 cm³/mol. The predicted octanol–water partition coefficient (Wildman–Crippen LogP) is -2.28. The number of nitrogens with two attached hydrogens (primary N) is 5. The second-order valence-electron chi connectivity index (χ2n) is 28.4. The molecule has 2 fully saturated rings. The lowest BCUT2D eigenvalue weighted by Crippen LogP contribution is -2.62. The molecule has 2 aromatic heterocycles. The number of pyridine rings is 1. The standard InChI is InChI=1S/C77H108N20O15S/c1-42(2)39-59-73(108)89-53(26-32-78)67(102)88-57(30-36-82)72(107)94-63(43(3)98)75(110)85-38-31-58(70(105)87-54(27-33-79)69(104)93-60(74(109)92-59)40-45-13-7-6-8-14-45)90-68(103)55(28-34-80)91-76(111)64(44(4)99)95-71(106)56(29-35-81)86-65(100)46-18-20-47(21-19-46)77(112)97-61-41-49(113-62-17-10-9-16-51(62)66(101)83-5)23-24-50(61)52(96-97)25-22-48-15-11-12-37-84-48/h6-17,22-25,37,41-44,46-47,53-60,63-64,98-99H,18-21,26-36,38-40,78-82H2,1-5H3,(H,83,101)(H,85,110)(H,86,100)(H,87,105)(H,88,102)(H,89,108)(H,90,103)(H,91,111)(H,92,109)(H,93,104)(H,94,107)(H,95,106)/b25-22+/t43-,44-,46?,47?,53+,54+,55+,56+,57+,58+,59+,60-,63+,64+/m1/s1. The highest BCUT2D eigenvalue weighted by molar-refractivity contribution is 7.99. The van der Waals surface area contributed by atoms with Gasteiger partial charge in [-0.25, -0.2) is 0 Å². The van der Waals surface area contributed by atoms with Crippen LogP contribution < -0.4 is 92.5 Å². The van der Waals surface area contributed by atoms with Crippen LogP contribution in [0.2, 0.25) is 0 Å². The summed E-state index contributed by atoms with van der Waals surface area (Å²) in [6.45, 7) is 4.49. The SMILES string of the molecule is CNC(=O)c1ccccc1Sc1ccc2c(/C=C/c3ccccn3)nn(C(=O)C3CCC(C(=O)N[C@@H](CCN)C(=O)N[C@H](C(=O)N[C@@H](CCN)C(=O)N[C@H]4CCNC(=O)[C@H]([C@@H](C)O)NC(=O)[C@H](CCN)NC(=O)[C@H](CCN)NC(=O)[C@H](CC(C)C)NC(=O)[C@@H](Cc5ccccc5)NC(=O)[C@H](CCN)NC4=O)[C@@H](C)O)CC3)c2c1. The first-order chi connectivity index (χ1) is 54.1. The van der Waals surface area contributed by atoms with E-state index in [1.165, 1.54) is 30.3 Å². The number of hydrogen-bond donors (Lipinski definition) is 19. The van der Waals surface area contributed by atoms with Gasteiger partial charge in [-0.05, 0) is 183 Å². The van der Waals surface area contributed by atoms with Crippen LogP contribution in [0.25, 0.3) is 23.1 Å². The van der Waals surface area contributed by atoms with Gasteiger partial charge in [-0.1, -0.05) is 74.1 Å². The average molecular weight is 1590 g/mol. The third-order valence-corrected chi connectivity index (χ3v) is 20.3. The van der Waals surface area contributed by atoms with Gasteiger partial charge in [-0.2, -0.15) is 9.78 Å². The summed E-state index contributed by atoms with van der Waals surface area (Å²) < 4.78 is 1.37. The molecule has 1 aliphatic heterocycles. The number of amides is 12. The highest BCUT2D eigenvalue weighted by Gasteiger charge is 2.40. The van der Waals surface area contributed by atoms with Crippen molar-refractivity contribution in [3.05, 3.63) is 120 Å². The van der Waals surface area contributed by atoms with Gasteiger partial charge < -0.3 is 103 Å². The van der Waals surface area contributed by atoms with Crippen LogP contribution in [-0.4, -0.2) is 221 Å². The van der Waals surface area contributed by atoms with Crippen molar-refractivity contribution in [1.29, 1.82) is 0 Å². The Hall–Kier alpha value is -10.6. The van der Waals surface area contributed by atoms with Gasteiger partial charge in [-0.15, -0.1) is 0 Å². The van der Waals surface area contributed by atoms with Crippen LogP contribution in [0.15, 0.2) is 107 Å². The molecule has 1 saturated heterocycles. The van der Waals surface area contributed by atoms with Gasteiger partial charge in [0.1, 0.15) is 60.4 Å². The smallest absolute Gasteiger partial charge is 0.252 e. The third kappa shape index (κ3) is 26.2. The van der Waals surface area contributed by atoms with Crippen molar-refractivity contribution in [2.24, 2.45) is 46.4 Å². The molecule has 0 radical (unpaired) electrons. The number of fused-ring (bicyclic) bond motifs is 1. The molecule has 612 valence electrons. The minimum atomic E-state index is -1.81. The van der Waals surface area contributed by atoms with Crippen molar-refractivity contribution in [3.63, 3.8) is 0 Å². The highest BCUT2D eigenvalue weighted by atomic mass is 32.2. The molecule has 0 spiro atoms. The molecule has 0 unspecified atom stereocenters. The Balaban J connectivity index is 1.08. The lowest BCUT2D eigenvalue weighted by molar-refractivity contribution is -0.137. The zero-order chi connectivity index (χ0) is 82.4. The second-order valence-corrected chi connectivity index (χ2v) is 29.5.